The molecule has 0 bridgehead atoms. The normalized spacial score (nSPS) is 23.6. The summed E-state index contributed by atoms with van der Waals surface area (Å²) in [6, 6.07) is 0.116. The molecule has 2 aliphatic rings. The molecule has 114 valence electrons. The lowest BCUT2D eigenvalue weighted by atomic mass is 10.1. The quantitative estimate of drug-likeness (QED) is 0.835. The minimum atomic E-state index is 0.116. The van der Waals surface area contributed by atoms with Crippen LogP contribution in [-0.2, 0) is 16.6 Å². The second-order valence-electron chi connectivity index (χ2n) is 6.10. The third kappa shape index (κ3) is 3.15. The second kappa shape index (κ2) is 5.83. The molecule has 1 aromatic rings. The van der Waals surface area contributed by atoms with Crippen molar-refractivity contribution in [2.24, 2.45) is 18.9 Å². The average molecular weight is 307 g/mol. The zero-order valence-corrected chi connectivity index (χ0v) is 13.3. The van der Waals surface area contributed by atoms with Gasteiger partial charge in [0.05, 0.1) is 6.04 Å². The van der Waals surface area contributed by atoms with Crippen LogP contribution in [-0.4, -0.2) is 37.8 Å². The Kier molecular flexibility index (Phi) is 4.06. The average Bonchev–Trinajstić information content (AvgIpc) is 3.08. The summed E-state index contributed by atoms with van der Waals surface area (Å²) >= 11 is 1.33. The van der Waals surface area contributed by atoms with E-state index in [0.29, 0.717) is 12.3 Å². The number of thioether (sulfide) groups is 1. The highest BCUT2D eigenvalue weighted by molar-refractivity contribution is 8.13. The van der Waals surface area contributed by atoms with Crippen molar-refractivity contribution in [2.45, 2.75) is 32.2 Å². The van der Waals surface area contributed by atoms with E-state index in [2.05, 4.69) is 4.98 Å². The molecule has 0 N–H and O–H groups in total. The maximum Gasteiger partial charge on any atom is 0.223 e. The molecule has 0 radical (unpaired) electrons. The van der Waals surface area contributed by atoms with Gasteiger partial charge < -0.3 is 9.47 Å². The van der Waals surface area contributed by atoms with Crippen molar-refractivity contribution in [3.63, 3.8) is 0 Å². The van der Waals surface area contributed by atoms with E-state index in [-0.39, 0.29) is 23.0 Å². The summed E-state index contributed by atoms with van der Waals surface area (Å²) in [5.41, 5.74) is 0. The third-order valence-corrected chi connectivity index (χ3v) is 5.33. The van der Waals surface area contributed by atoms with Crippen molar-refractivity contribution < 1.29 is 9.59 Å². The molecule has 0 aromatic carbocycles. The second-order valence-corrected chi connectivity index (χ2v) is 7.29. The SMILES string of the molecule is CC(=O)SCC1CC(=O)N(C(c2nccn2C)C2CC2)C1. The molecule has 2 heterocycles. The summed E-state index contributed by atoms with van der Waals surface area (Å²) in [6.07, 6.45) is 6.65. The van der Waals surface area contributed by atoms with Gasteiger partial charge in [-0.3, -0.25) is 9.59 Å². The lowest BCUT2D eigenvalue weighted by Crippen LogP contribution is -2.33. The molecule has 0 spiro atoms. The highest BCUT2D eigenvalue weighted by atomic mass is 32.2. The number of amides is 1. The molecule has 1 amide bonds. The molecule has 1 saturated heterocycles. The number of carbonyl (C=O) groups excluding carboxylic acids is 2. The van der Waals surface area contributed by atoms with Gasteiger partial charge in [0.25, 0.3) is 0 Å². The zero-order chi connectivity index (χ0) is 15.0. The molecule has 3 rings (SSSR count). The Morgan fingerprint density at radius 3 is 2.86 bits per heavy atom. The van der Waals surface area contributed by atoms with E-state index in [9.17, 15) is 9.59 Å². The minimum Gasteiger partial charge on any atom is -0.336 e. The predicted octanol–water partition coefficient (Wildman–Crippen LogP) is 2.00. The summed E-state index contributed by atoms with van der Waals surface area (Å²) in [7, 11) is 1.99. The van der Waals surface area contributed by atoms with Crippen LogP contribution in [0, 0.1) is 11.8 Å². The van der Waals surface area contributed by atoms with E-state index in [0.717, 1.165) is 18.1 Å². The largest absolute Gasteiger partial charge is 0.336 e. The minimum absolute atomic E-state index is 0.116. The van der Waals surface area contributed by atoms with Gasteiger partial charge in [-0.15, -0.1) is 0 Å². The van der Waals surface area contributed by atoms with E-state index in [1.165, 1.54) is 24.6 Å². The summed E-state index contributed by atoms with van der Waals surface area (Å²) < 4.78 is 2.02. The van der Waals surface area contributed by atoms with Crippen molar-refractivity contribution in [3.8, 4) is 0 Å². The van der Waals surface area contributed by atoms with E-state index in [4.69, 9.17) is 0 Å². The lowest BCUT2D eigenvalue weighted by molar-refractivity contribution is -0.130. The molecule has 2 fully saturated rings. The predicted molar refractivity (Wildman–Crippen MR) is 81.6 cm³/mol. The number of likely N-dealkylation sites (tertiary alicyclic amines) is 1. The lowest BCUT2D eigenvalue weighted by Gasteiger charge is -2.28. The molecule has 6 heteroatoms. The first-order valence-electron chi connectivity index (χ1n) is 7.46. The maximum absolute atomic E-state index is 12.4. The van der Waals surface area contributed by atoms with Crippen molar-refractivity contribution in [1.82, 2.24) is 14.5 Å². The maximum atomic E-state index is 12.4. The van der Waals surface area contributed by atoms with Crippen LogP contribution in [0.15, 0.2) is 12.4 Å². The Hall–Kier alpha value is -1.30. The summed E-state index contributed by atoms with van der Waals surface area (Å²) in [5, 5.41) is 0.128. The molecular formula is C15H21N3O2S. The summed E-state index contributed by atoms with van der Waals surface area (Å²) in [4.78, 5) is 30.0. The molecule has 2 unspecified atom stereocenters. The van der Waals surface area contributed by atoms with Gasteiger partial charge in [0, 0.05) is 45.1 Å². The fraction of sp³-hybridized carbons (Fsp3) is 0.667. The number of hydrogen-bond donors (Lipinski definition) is 0. The number of nitrogens with zero attached hydrogens (tertiary/aromatic N) is 3. The van der Waals surface area contributed by atoms with Crippen LogP contribution >= 0.6 is 11.8 Å². The van der Waals surface area contributed by atoms with Crippen molar-refractivity contribution in [2.75, 3.05) is 12.3 Å². The molecule has 2 atom stereocenters. The van der Waals surface area contributed by atoms with Gasteiger partial charge in [0.15, 0.2) is 5.12 Å². The number of aryl methyl sites for hydroxylation is 1. The molecular weight excluding hydrogens is 286 g/mol. The van der Waals surface area contributed by atoms with Crippen molar-refractivity contribution >= 4 is 22.8 Å². The number of rotatable bonds is 5. The molecule has 1 aliphatic heterocycles. The van der Waals surface area contributed by atoms with E-state index >= 15 is 0 Å². The van der Waals surface area contributed by atoms with E-state index in [1.54, 1.807) is 13.1 Å². The van der Waals surface area contributed by atoms with Crippen molar-refractivity contribution in [1.29, 1.82) is 0 Å². The highest BCUT2D eigenvalue weighted by Gasteiger charge is 2.44. The number of carbonyl (C=O) groups is 2. The monoisotopic (exact) mass is 307 g/mol. The molecule has 5 nitrogen and oxygen atoms in total. The first-order chi connectivity index (χ1) is 10.1. The summed E-state index contributed by atoms with van der Waals surface area (Å²) in [5.74, 6) is 2.78. The fourth-order valence-electron chi connectivity index (χ4n) is 3.10. The Morgan fingerprint density at radius 2 is 2.29 bits per heavy atom. The van der Waals surface area contributed by atoms with Gasteiger partial charge in [-0.2, -0.15) is 0 Å². The first kappa shape index (κ1) is 14.6. The van der Waals surface area contributed by atoms with Crippen LogP contribution in [0.2, 0.25) is 0 Å². The van der Waals surface area contributed by atoms with Crippen molar-refractivity contribution in [3.05, 3.63) is 18.2 Å². The molecule has 1 aromatic heterocycles. The summed E-state index contributed by atoms with van der Waals surface area (Å²) in [6.45, 7) is 2.34. The van der Waals surface area contributed by atoms with Crippen LogP contribution in [0.25, 0.3) is 0 Å². The van der Waals surface area contributed by atoms with Gasteiger partial charge in [0.2, 0.25) is 5.91 Å². The van der Waals surface area contributed by atoms with E-state index in [1.807, 2.05) is 22.7 Å². The Balaban J connectivity index is 1.73. The van der Waals surface area contributed by atoms with Crippen LogP contribution in [0.3, 0.4) is 0 Å². The Labute approximate surface area is 129 Å². The Morgan fingerprint density at radius 1 is 1.52 bits per heavy atom. The number of aromatic nitrogens is 2. The molecule has 21 heavy (non-hydrogen) atoms. The van der Waals surface area contributed by atoms with Gasteiger partial charge >= 0.3 is 0 Å². The molecule has 1 aliphatic carbocycles. The van der Waals surface area contributed by atoms with Crippen LogP contribution in [0.1, 0.15) is 38.1 Å². The standard InChI is InChI=1S/C15H21N3O2S/c1-10(19)21-9-11-7-13(20)18(8-11)14(12-3-4-12)15-16-5-6-17(15)2/h5-6,11-12,14H,3-4,7-9H2,1-2H3. The van der Waals surface area contributed by atoms with Gasteiger partial charge in [-0.1, -0.05) is 11.8 Å². The first-order valence-corrected chi connectivity index (χ1v) is 8.45. The van der Waals surface area contributed by atoms with Crippen LogP contribution < -0.4 is 0 Å². The van der Waals surface area contributed by atoms with Gasteiger partial charge in [-0.25, -0.2) is 4.98 Å². The zero-order valence-electron chi connectivity index (χ0n) is 12.5. The Bertz CT molecular complexity index is 553. The smallest absolute Gasteiger partial charge is 0.223 e. The van der Waals surface area contributed by atoms with E-state index < -0.39 is 0 Å². The molecule has 1 saturated carbocycles. The topological polar surface area (TPSA) is 55.2 Å². The van der Waals surface area contributed by atoms with Crippen LogP contribution in [0.4, 0.5) is 0 Å². The van der Waals surface area contributed by atoms with Gasteiger partial charge in [-0.05, 0) is 24.7 Å². The number of imidazole rings is 1. The third-order valence-electron chi connectivity index (χ3n) is 4.29. The van der Waals surface area contributed by atoms with Crippen LogP contribution in [0.5, 0.6) is 0 Å². The fourth-order valence-corrected chi connectivity index (χ4v) is 3.80. The highest BCUT2D eigenvalue weighted by Crippen LogP contribution is 2.46. The van der Waals surface area contributed by atoms with Gasteiger partial charge in [0.1, 0.15) is 5.82 Å². The number of hydrogen-bond acceptors (Lipinski definition) is 4.